The van der Waals surface area contributed by atoms with Crippen LogP contribution in [0.25, 0.3) is 0 Å². The summed E-state index contributed by atoms with van der Waals surface area (Å²) in [7, 11) is 0. The van der Waals surface area contributed by atoms with Crippen molar-refractivity contribution in [1.29, 1.82) is 0 Å². The van der Waals surface area contributed by atoms with Gasteiger partial charge in [-0.2, -0.15) is 0 Å². The Bertz CT molecular complexity index is 648. The molecule has 1 aliphatic rings. The van der Waals surface area contributed by atoms with E-state index in [-0.39, 0.29) is 43.1 Å². The number of carbonyl (C=O) groups excluding carboxylic acids is 3. The van der Waals surface area contributed by atoms with Crippen LogP contribution < -0.4 is 21.7 Å². The van der Waals surface area contributed by atoms with Gasteiger partial charge in [-0.3, -0.25) is 14.4 Å². The molecule has 1 fully saturated rings. The van der Waals surface area contributed by atoms with Gasteiger partial charge < -0.3 is 21.7 Å². The Hall–Kier alpha value is -2.12. The van der Waals surface area contributed by atoms with Crippen molar-refractivity contribution in [3.8, 4) is 0 Å². The summed E-state index contributed by atoms with van der Waals surface area (Å²) < 4.78 is 0. The van der Waals surface area contributed by atoms with Gasteiger partial charge in [-0.05, 0) is 49.9 Å². The smallest absolute Gasteiger partial charge is 0.253 e. The first-order chi connectivity index (χ1) is 12.5. The molecule has 1 aromatic carbocycles. The first kappa shape index (κ1) is 22.9. The van der Waals surface area contributed by atoms with Crippen LogP contribution in [0.1, 0.15) is 43.0 Å². The summed E-state index contributed by atoms with van der Waals surface area (Å²) in [5.41, 5.74) is 5.92. The lowest BCUT2D eigenvalue weighted by Crippen LogP contribution is -2.34. The molecule has 2 unspecified atom stereocenters. The molecular formula is C19H29ClN4O3. The normalized spacial score (nSPS) is 17.3. The van der Waals surface area contributed by atoms with Gasteiger partial charge in [0.25, 0.3) is 5.91 Å². The van der Waals surface area contributed by atoms with E-state index >= 15 is 0 Å². The van der Waals surface area contributed by atoms with Crippen molar-refractivity contribution < 1.29 is 14.4 Å². The van der Waals surface area contributed by atoms with Gasteiger partial charge in [0.1, 0.15) is 0 Å². The Balaban J connectivity index is 0.00000364. The molecule has 1 aromatic rings. The summed E-state index contributed by atoms with van der Waals surface area (Å²) in [5, 5.41) is 8.86. The number of hydrogen-bond acceptors (Lipinski definition) is 4. The first-order valence-corrected chi connectivity index (χ1v) is 9.13. The van der Waals surface area contributed by atoms with E-state index in [1.165, 1.54) is 0 Å². The molecule has 2 atom stereocenters. The van der Waals surface area contributed by atoms with Crippen LogP contribution in [0.5, 0.6) is 0 Å². The molecule has 0 aliphatic carbocycles. The molecule has 7 nitrogen and oxygen atoms in total. The van der Waals surface area contributed by atoms with Gasteiger partial charge >= 0.3 is 0 Å². The van der Waals surface area contributed by atoms with Crippen LogP contribution in [0.4, 0.5) is 5.69 Å². The molecule has 0 radical (unpaired) electrons. The molecule has 0 saturated carbocycles. The summed E-state index contributed by atoms with van der Waals surface area (Å²) in [6.07, 6.45) is 2.78. The van der Waals surface area contributed by atoms with Gasteiger partial charge in [0.15, 0.2) is 0 Å². The van der Waals surface area contributed by atoms with Crippen molar-refractivity contribution in [2.45, 2.75) is 32.6 Å². The largest absolute Gasteiger partial charge is 0.370 e. The number of carbonyl (C=O) groups is 3. The minimum atomic E-state index is -0.474. The SMILES string of the molecule is CC(CC(=O)Nc1ccccc1C(=O)NCCC(N)=O)C1CCCNC1.Cl. The summed E-state index contributed by atoms with van der Waals surface area (Å²) in [6.45, 7) is 4.27. The molecule has 150 valence electrons. The van der Waals surface area contributed by atoms with Crippen molar-refractivity contribution in [2.75, 3.05) is 25.0 Å². The van der Waals surface area contributed by atoms with Crippen LogP contribution in [0.2, 0.25) is 0 Å². The number of halogens is 1. The van der Waals surface area contributed by atoms with Crippen molar-refractivity contribution in [1.82, 2.24) is 10.6 Å². The van der Waals surface area contributed by atoms with E-state index in [2.05, 4.69) is 22.9 Å². The van der Waals surface area contributed by atoms with Crippen molar-refractivity contribution >= 4 is 35.8 Å². The standard InChI is InChI=1S/C19H28N4O3.ClH/c1-13(14-5-4-9-21-12-14)11-18(25)23-16-7-3-2-6-15(16)19(26)22-10-8-17(20)24;/h2-3,6-7,13-14,21H,4-5,8-12H2,1H3,(H2,20,24)(H,22,26)(H,23,25);1H. The van der Waals surface area contributed by atoms with E-state index in [1.807, 2.05) is 0 Å². The van der Waals surface area contributed by atoms with Gasteiger partial charge in [0.2, 0.25) is 11.8 Å². The Morgan fingerprint density at radius 3 is 2.70 bits per heavy atom. The van der Waals surface area contributed by atoms with Crippen molar-refractivity contribution in [3.63, 3.8) is 0 Å². The zero-order valence-corrected chi connectivity index (χ0v) is 16.4. The zero-order chi connectivity index (χ0) is 18.9. The van der Waals surface area contributed by atoms with E-state index in [9.17, 15) is 14.4 Å². The fourth-order valence-corrected chi connectivity index (χ4v) is 3.21. The number of para-hydroxylation sites is 1. The molecule has 3 amide bonds. The Morgan fingerprint density at radius 2 is 2.04 bits per heavy atom. The molecule has 1 aliphatic heterocycles. The minimum absolute atomic E-state index is 0. The third kappa shape index (κ3) is 7.56. The highest BCUT2D eigenvalue weighted by Crippen LogP contribution is 2.23. The number of primary amides is 1. The van der Waals surface area contributed by atoms with Gasteiger partial charge in [-0.25, -0.2) is 0 Å². The highest BCUT2D eigenvalue weighted by atomic mass is 35.5. The van der Waals surface area contributed by atoms with Crippen molar-refractivity contribution in [2.24, 2.45) is 17.6 Å². The number of nitrogens with two attached hydrogens (primary N) is 1. The maximum atomic E-state index is 12.4. The number of anilines is 1. The van der Waals surface area contributed by atoms with Gasteiger partial charge in [-0.15, -0.1) is 12.4 Å². The third-order valence-electron chi connectivity index (χ3n) is 4.75. The van der Waals surface area contributed by atoms with Crippen LogP contribution in [0, 0.1) is 11.8 Å². The van der Waals surface area contributed by atoms with Crippen LogP contribution in [-0.2, 0) is 9.59 Å². The van der Waals surface area contributed by atoms with E-state index in [4.69, 9.17) is 5.73 Å². The predicted octanol–water partition coefficient (Wildman–Crippen LogP) is 1.68. The average Bonchev–Trinajstić information content (AvgIpc) is 2.62. The zero-order valence-electron chi connectivity index (χ0n) is 15.6. The van der Waals surface area contributed by atoms with E-state index in [0.29, 0.717) is 23.6 Å². The van der Waals surface area contributed by atoms with Gasteiger partial charge in [0.05, 0.1) is 11.3 Å². The average molecular weight is 397 g/mol. The topological polar surface area (TPSA) is 113 Å². The molecule has 0 aromatic heterocycles. The lowest BCUT2D eigenvalue weighted by atomic mass is 9.85. The Kier molecular flexibility index (Phi) is 9.82. The molecule has 8 heteroatoms. The summed E-state index contributed by atoms with van der Waals surface area (Å²) >= 11 is 0. The molecular weight excluding hydrogens is 368 g/mol. The van der Waals surface area contributed by atoms with Crippen LogP contribution >= 0.6 is 12.4 Å². The first-order valence-electron chi connectivity index (χ1n) is 9.13. The maximum absolute atomic E-state index is 12.4. The summed E-state index contributed by atoms with van der Waals surface area (Å²) in [4.78, 5) is 35.5. The summed E-state index contributed by atoms with van der Waals surface area (Å²) in [6, 6.07) is 6.84. The van der Waals surface area contributed by atoms with E-state index < -0.39 is 5.91 Å². The lowest BCUT2D eigenvalue weighted by molar-refractivity contribution is -0.118. The number of nitrogens with one attached hydrogen (secondary N) is 3. The predicted molar refractivity (Wildman–Crippen MR) is 108 cm³/mol. The highest BCUT2D eigenvalue weighted by molar-refractivity contribution is 6.03. The van der Waals surface area contributed by atoms with Crippen molar-refractivity contribution in [3.05, 3.63) is 29.8 Å². The quantitative estimate of drug-likeness (QED) is 0.535. The fraction of sp³-hybridized carbons (Fsp3) is 0.526. The Morgan fingerprint density at radius 1 is 1.30 bits per heavy atom. The van der Waals surface area contributed by atoms with E-state index in [0.717, 1.165) is 25.9 Å². The number of benzene rings is 1. The molecule has 1 heterocycles. The van der Waals surface area contributed by atoms with Crippen LogP contribution in [-0.4, -0.2) is 37.4 Å². The number of amides is 3. The second-order valence-corrected chi connectivity index (χ2v) is 6.85. The molecule has 0 spiro atoms. The molecule has 2 rings (SSSR count). The van der Waals surface area contributed by atoms with Crippen LogP contribution in [0.15, 0.2) is 24.3 Å². The van der Waals surface area contributed by atoms with E-state index in [1.54, 1.807) is 24.3 Å². The number of rotatable bonds is 8. The fourth-order valence-electron chi connectivity index (χ4n) is 3.21. The van der Waals surface area contributed by atoms with Gasteiger partial charge in [-0.1, -0.05) is 19.1 Å². The third-order valence-corrected chi connectivity index (χ3v) is 4.75. The van der Waals surface area contributed by atoms with Crippen LogP contribution in [0.3, 0.4) is 0 Å². The molecule has 1 saturated heterocycles. The second-order valence-electron chi connectivity index (χ2n) is 6.85. The lowest BCUT2D eigenvalue weighted by Gasteiger charge is -2.28. The number of piperidine rings is 1. The Labute approximate surface area is 166 Å². The van der Waals surface area contributed by atoms with Gasteiger partial charge in [0, 0.05) is 19.4 Å². The molecule has 5 N–H and O–H groups in total. The maximum Gasteiger partial charge on any atom is 0.253 e. The minimum Gasteiger partial charge on any atom is -0.370 e. The highest BCUT2D eigenvalue weighted by Gasteiger charge is 2.22. The molecule has 27 heavy (non-hydrogen) atoms. The second kappa shape index (κ2) is 11.6. The summed E-state index contributed by atoms with van der Waals surface area (Å²) in [5.74, 6) is -0.133. The molecule has 0 bridgehead atoms. The monoisotopic (exact) mass is 396 g/mol. The number of hydrogen-bond donors (Lipinski definition) is 4.